The average Bonchev–Trinajstić information content (AvgIpc) is 2.47. The molecule has 0 saturated heterocycles. The maximum absolute atomic E-state index is 13.7. The molecule has 0 spiro atoms. The molecule has 20 heavy (non-hydrogen) atoms. The highest BCUT2D eigenvalue weighted by Crippen LogP contribution is 2.25. The van der Waals surface area contributed by atoms with Crippen LogP contribution in [0.15, 0.2) is 53.4 Å². The second-order valence-electron chi connectivity index (χ2n) is 4.23. The standard InChI is InChI=1S/C14H15FN2O2S/c1-17(11-6-3-2-4-7-11)20(18,19)14-9-5-8-13(15)12(14)10-16/h2-9H,10,16H2,1H3. The molecule has 0 aliphatic heterocycles. The Hall–Kier alpha value is -1.92. The van der Waals surface area contributed by atoms with Crippen LogP contribution in [-0.4, -0.2) is 15.5 Å². The van der Waals surface area contributed by atoms with Crippen molar-refractivity contribution in [3.05, 3.63) is 59.9 Å². The Morgan fingerprint density at radius 2 is 1.75 bits per heavy atom. The summed E-state index contributed by atoms with van der Waals surface area (Å²) in [6.07, 6.45) is 0. The van der Waals surface area contributed by atoms with E-state index < -0.39 is 15.8 Å². The van der Waals surface area contributed by atoms with Gasteiger partial charge in [-0.1, -0.05) is 24.3 Å². The van der Waals surface area contributed by atoms with Gasteiger partial charge in [-0.15, -0.1) is 0 Å². The molecule has 0 aromatic heterocycles. The molecule has 0 radical (unpaired) electrons. The fourth-order valence-electron chi connectivity index (χ4n) is 1.90. The summed E-state index contributed by atoms with van der Waals surface area (Å²) in [5, 5.41) is 0. The molecule has 0 fully saturated rings. The van der Waals surface area contributed by atoms with Crippen LogP contribution in [0.5, 0.6) is 0 Å². The smallest absolute Gasteiger partial charge is 0.264 e. The molecule has 2 aromatic rings. The summed E-state index contributed by atoms with van der Waals surface area (Å²) >= 11 is 0. The molecule has 0 saturated carbocycles. The molecular formula is C14H15FN2O2S. The van der Waals surface area contributed by atoms with E-state index in [0.29, 0.717) is 5.69 Å². The first-order valence-electron chi connectivity index (χ1n) is 6.00. The SMILES string of the molecule is CN(c1ccccc1)S(=O)(=O)c1cccc(F)c1CN. The Morgan fingerprint density at radius 1 is 1.10 bits per heavy atom. The van der Waals surface area contributed by atoms with Crippen molar-refractivity contribution in [2.24, 2.45) is 5.73 Å². The summed E-state index contributed by atoms with van der Waals surface area (Å²) in [5.74, 6) is -0.616. The van der Waals surface area contributed by atoms with E-state index in [1.165, 1.54) is 25.2 Å². The Labute approximate surface area is 117 Å². The molecule has 2 N–H and O–H groups in total. The van der Waals surface area contributed by atoms with Crippen LogP contribution in [0.25, 0.3) is 0 Å². The number of nitrogens with zero attached hydrogens (tertiary/aromatic N) is 1. The third-order valence-corrected chi connectivity index (χ3v) is 4.91. The molecule has 0 aliphatic rings. The lowest BCUT2D eigenvalue weighted by atomic mass is 10.2. The zero-order valence-corrected chi connectivity index (χ0v) is 11.8. The largest absolute Gasteiger partial charge is 0.326 e. The zero-order valence-electron chi connectivity index (χ0n) is 11.0. The number of nitrogens with two attached hydrogens (primary N) is 1. The summed E-state index contributed by atoms with van der Waals surface area (Å²) in [6, 6.07) is 12.5. The quantitative estimate of drug-likeness (QED) is 0.939. The van der Waals surface area contributed by atoms with Crippen LogP contribution in [0.4, 0.5) is 10.1 Å². The van der Waals surface area contributed by atoms with E-state index in [2.05, 4.69) is 0 Å². The van der Waals surface area contributed by atoms with Gasteiger partial charge in [0.15, 0.2) is 0 Å². The Balaban J connectivity index is 2.54. The van der Waals surface area contributed by atoms with Gasteiger partial charge in [0.25, 0.3) is 10.0 Å². The maximum atomic E-state index is 13.7. The Kier molecular flexibility index (Phi) is 4.06. The minimum absolute atomic E-state index is 0.00437. The predicted molar refractivity (Wildman–Crippen MR) is 76.3 cm³/mol. The molecule has 106 valence electrons. The fraction of sp³-hybridized carbons (Fsp3) is 0.143. The lowest BCUT2D eigenvalue weighted by Gasteiger charge is -2.21. The van der Waals surface area contributed by atoms with Crippen LogP contribution in [0.2, 0.25) is 0 Å². The van der Waals surface area contributed by atoms with Gasteiger partial charge in [0.2, 0.25) is 0 Å². The van der Waals surface area contributed by atoms with Crippen molar-refractivity contribution >= 4 is 15.7 Å². The summed E-state index contributed by atoms with van der Waals surface area (Å²) in [4.78, 5) is -0.105. The Morgan fingerprint density at radius 3 is 2.35 bits per heavy atom. The third kappa shape index (κ3) is 2.52. The normalized spacial score (nSPS) is 11.3. The zero-order chi connectivity index (χ0) is 14.8. The number of rotatable bonds is 4. The van der Waals surface area contributed by atoms with Crippen LogP contribution in [0.1, 0.15) is 5.56 Å². The first-order chi connectivity index (χ1) is 9.48. The van der Waals surface area contributed by atoms with Crippen molar-refractivity contribution < 1.29 is 12.8 Å². The number of anilines is 1. The molecular weight excluding hydrogens is 279 g/mol. The van der Waals surface area contributed by atoms with Crippen molar-refractivity contribution in [3.63, 3.8) is 0 Å². The Bertz CT molecular complexity index is 702. The number of hydrogen-bond donors (Lipinski definition) is 1. The number of benzene rings is 2. The predicted octanol–water partition coefficient (Wildman–Crippen LogP) is 2.11. The van der Waals surface area contributed by atoms with Gasteiger partial charge in [-0.3, -0.25) is 4.31 Å². The molecule has 4 nitrogen and oxygen atoms in total. The average molecular weight is 294 g/mol. The summed E-state index contributed by atoms with van der Waals surface area (Å²) in [7, 11) is -2.42. The van der Waals surface area contributed by atoms with Gasteiger partial charge in [-0.25, -0.2) is 12.8 Å². The van der Waals surface area contributed by atoms with E-state index >= 15 is 0 Å². The molecule has 0 bridgehead atoms. The maximum Gasteiger partial charge on any atom is 0.264 e. The molecule has 0 amide bonds. The van der Waals surface area contributed by atoms with Gasteiger partial charge in [-0.05, 0) is 24.3 Å². The van der Waals surface area contributed by atoms with Crippen molar-refractivity contribution in [2.45, 2.75) is 11.4 Å². The molecule has 0 aliphatic carbocycles. The van der Waals surface area contributed by atoms with Gasteiger partial charge in [0.1, 0.15) is 5.82 Å². The van der Waals surface area contributed by atoms with Crippen LogP contribution in [0.3, 0.4) is 0 Å². The van der Waals surface area contributed by atoms with E-state index in [1.54, 1.807) is 30.3 Å². The first kappa shape index (κ1) is 14.5. The third-order valence-electron chi connectivity index (χ3n) is 3.04. The highest BCUT2D eigenvalue weighted by atomic mass is 32.2. The molecule has 0 atom stereocenters. The van der Waals surface area contributed by atoms with Gasteiger partial charge in [0, 0.05) is 19.2 Å². The number of para-hydroxylation sites is 1. The van der Waals surface area contributed by atoms with Crippen LogP contribution < -0.4 is 10.0 Å². The van der Waals surface area contributed by atoms with Crippen LogP contribution >= 0.6 is 0 Å². The topological polar surface area (TPSA) is 63.4 Å². The second-order valence-corrected chi connectivity index (χ2v) is 6.17. The minimum Gasteiger partial charge on any atom is -0.326 e. The van der Waals surface area contributed by atoms with Gasteiger partial charge in [-0.2, -0.15) is 0 Å². The van der Waals surface area contributed by atoms with Gasteiger partial charge >= 0.3 is 0 Å². The highest BCUT2D eigenvalue weighted by Gasteiger charge is 2.25. The summed E-state index contributed by atoms with van der Waals surface area (Å²) < 4.78 is 39.9. The van der Waals surface area contributed by atoms with Crippen molar-refractivity contribution in [1.82, 2.24) is 0 Å². The minimum atomic E-state index is -3.84. The van der Waals surface area contributed by atoms with Crippen molar-refractivity contribution in [2.75, 3.05) is 11.4 Å². The number of sulfonamides is 1. The van der Waals surface area contributed by atoms with Gasteiger partial charge in [0.05, 0.1) is 10.6 Å². The van der Waals surface area contributed by atoms with E-state index in [1.807, 2.05) is 0 Å². The van der Waals surface area contributed by atoms with E-state index in [-0.39, 0.29) is 17.0 Å². The molecule has 2 aromatic carbocycles. The van der Waals surface area contributed by atoms with E-state index in [9.17, 15) is 12.8 Å². The first-order valence-corrected chi connectivity index (χ1v) is 7.44. The summed E-state index contributed by atoms with van der Waals surface area (Å²) in [6.45, 7) is -0.177. The summed E-state index contributed by atoms with van der Waals surface area (Å²) in [5.41, 5.74) is 5.96. The van der Waals surface area contributed by atoms with Crippen molar-refractivity contribution in [1.29, 1.82) is 0 Å². The molecule has 6 heteroatoms. The molecule has 0 unspecified atom stereocenters. The molecule has 0 heterocycles. The van der Waals surface area contributed by atoms with Crippen LogP contribution in [0, 0.1) is 5.82 Å². The fourth-order valence-corrected chi connectivity index (χ4v) is 3.34. The number of hydrogen-bond acceptors (Lipinski definition) is 3. The number of halogens is 1. The second kappa shape index (κ2) is 5.60. The van der Waals surface area contributed by atoms with Crippen LogP contribution in [-0.2, 0) is 16.6 Å². The molecule has 2 rings (SSSR count). The lowest BCUT2D eigenvalue weighted by molar-refractivity contribution is 0.581. The highest BCUT2D eigenvalue weighted by molar-refractivity contribution is 7.92. The van der Waals surface area contributed by atoms with Gasteiger partial charge < -0.3 is 5.73 Å². The lowest BCUT2D eigenvalue weighted by Crippen LogP contribution is -2.28. The van der Waals surface area contributed by atoms with Crippen molar-refractivity contribution in [3.8, 4) is 0 Å². The monoisotopic (exact) mass is 294 g/mol. The van der Waals surface area contributed by atoms with E-state index in [0.717, 1.165) is 4.31 Å². The van der Waals surface area contributed by atoms with E-state index in [4.69, 9.17) is 5.73 Å².